The molecule has 2 aromatic rings. The smallest absolute Gasteiger partial charge is 0.262 e. The van der Waals surface area contributed by atoms with Crippen LogP contribution in [0, 0.1) is 6.92 Å². The number of hydrogen-bond acceptors (Lipinski definition) is 3. The first kappa shape index (κ1) is 20.0. The van der Waals surface area contributed by atoms with Gasteiger partial charge in [0.25, 0.3) is 15.9 Å². The summed E-state index contributed by atoms with van der Waals surface area (Å²) in [5, 5.41) is 2.71. The van der Waals surface area contributed by atoms with Gasteiger partial charge in [-0.2, -0.15) is 0 Å². The highest BCUT2D eigenvalue weighted by Gasteiger charge is 2.21. The summed E-state index contributed by atoms with van der Waals surface area (Å²) in [6, 6.07) is 11.9. The van der Waals surface area contributed by atoms with Crippen LogP contribution in [0.25, 0.3) is 0 Å². The van der Waals surface area contributed by atoms with E-state index in [4.69, 9.17) is 0 Å². The molecule has 5 nitrogen and oxygen atoms in total. The van der Waals surface area contributed by atoms with Gasteiger partial charge in [-0.25, -0.2) is 8.42 Å². The largest absolute Gasteiger partial charge is 0.352 e. The van der Waals surface area contributed by atoms with Crippen molar-refractivity contribution in [3.63, 3.8) is 0 Å². The molecule has 0 unspecified atom stereocenters. The zero-order chi connectivity index (χ0) is 19.5. The molecule has 1 amide bonds. The summed E-state index contributed by atoms with van der Waals surface area (Å²) >= 11 is 0. The maximum Gasteiger partial charge on any atom is 0.262 e. The molecule has 2 rings (SSSR count). The van der Waals surface area contributed by atoms with Crippen LogP contribution < -0.4 is 10.0 Å². The topological polar surface area (TPSA) is 75.3 Å². The van der Waals surface area contributed by atoms with Gasteiger partial charge >= 0.3 is 0 Å². The molecule has 0 heterocycles. The van der Waals surface area contributed by atoms with E-state index in [1.165, 1.54) is 0 Å². The fourth-order valence-electron chi connectivity index (χ4n) is 2.52. The third-order valence-corrected chi connectivity index (χ3v) is 5.60. The van der Waals surface area contributed by atoms with Gasteiger partial charge in [0.2, 0.25) is 0 Å². The molecule has 0 bridgehead atoms. The minimum atomic E-state index is -3.72. The van der Waals surface area contributed by atoms with E-state index < -0.39 is 10.0 Å². The van der Waals surface area contributed by atoms with Crippen LogP contribution >= 0.6 is 0 Å². The maximum absolute atomic E-state index is 12.8. The number of carbonyl (C=O) groups excluding carboxylic acids is 1. The highest BCUT2D eigenvalue weighted by Crippen LogP contribution is 2.27. The summed E-state index contributed by atoms with van der Waals surface area (Å²) in [4.78, 5) is 12.1. The lowest BCUT2D eigenvalue weighted by Crippen LogP contribution is -2.22. The highest BCUT2D eigenvalue weighted by atomic mass is 32.2. The Morgan fingerprint density at radius 2 is 1.65 bits per heavy atom. The van der Waals surface area contributed by atoms with Crippen molar-refractivity contribution in [2.75, 3.05) is 11.3 Å². The second-order valence-corrected chi connectivity index (χ2v) is 8.92. The molecule has 0 saturated heterocycles. The summed E-state index contributed by atoms with van der Waals surface area (Å²) < 4.78 is 28.3. The van der Waals surface area contributed by atoms with Gasteiger partial charge < -0.3 is 5.32 Å². The van der Waals surface area contributed by atoms with Gasteiger partial charge in [-0.05, 0) is 60.7 Å². The highest BCUT2D eigenvalue weighted by molar-refractivity contribution is 7.92. The van der Waals surface area contributed by atoms with E-state index in [9.17, 15) is 13.2 Å². The van der Waals surface area contributed by atoms with Crippen molar-refractivity contribution in [1.82, 2.24) is 5.32 Å². The summed E-state index contributed by atoms with van der Waals surface area (Å²) in [6.07, 6.45) is 0. The Morgan fingerprint density at radius 1 is 1.04 bits per heavy atom. The van der Waals surface area contributed by atoms with E-state index in [0.29, 0.717) is 23.4 Å². The van der Waals surface area contributed by atoms with Crippen molar-refractivity contribution >= 4 is 21.6 Å². The van der Waals surface area contributed by atoms with Gasteiger partial charge in [-0.15, -0.1) is 0 Å². The van der Waals surface area contributed by atoms with Crippen LogP contribution in [0.15, 0.2) is 47.4 Å². The standard InChI is InChI=1S/C20H26N2O3S/c1-6-21-19(23)15-8-11-17(12-9-15)22-26(24,25)18-13-16(20(3,4)5)10-7-14(18)2/h7-13,22H,6H2,1-5H3,(H,21,23). The van der Waals surface area contributed by atoms with Gasteiger partial charge in [0.05, 0.1) is 4.90 Å². The van der Waals surface area contributed by atoms with Crippen LogP contribution in [0.2, 0.25) is 0 Å². The van der Waals surface area contributed by atoms with Crippen molar-refractivity contribution in [1.29, 1.82) is 0 Å². The molecule has 0 spiro atoms. The van der Waals surface area contributed by atoms with Crippen LogP contribution in [-0.4, -0.2) is 20.9 Å². The summed E-state index contributed by atoms with van der Waals surface area (Å²) in [5.74, 6) is -0.185. The predicted molar refractivity (Wildman–Crippen MR) is 105 cm³/mol. The van der Waals surface area contributed by atoms with Gasteiger partial charge in [0.15, 0.2) is 0 Å². The fourth-order valence-corrected chi connectivity index (χ4v) is 3.85. The molecule has 140 valence electrons. The molecular formula is C20H26N2O3S. The van der Waals surface area contributed by atoms with Gasteiger partial charge in [-0.3, -0.25) is 9.52 Å². The number of benzene rings is 2. The van der Waals surface area contributed by atoms with E-state index in [0.717, 1.165) is 5.56 Å². The minimum Gasteiger partial charge on any atom is -0.352 e. The van der Waals surface area contributed by atoms with Crippen LogP contribution in [0.4, 0.5) is 5.69 Å². The lowest BCUT2D eigenvalue weighted by Gasteiger charge is -2.21. The number of hydrogen-bond donors (Lipinski definition) is 2. The predicted octanol–water partition coefficient (Wildman–Crippen LogP) is 3.84. The van der Waals surface area contributed by atoms with Crippen LogP contribution in [0.1, 0.15) is 49.2 Å². The Kier molecular flexibility index (Phi) is 5.76. The molecule has 0 saturated carbocycles. The fraction of sp³-hybridized carbons (Fsp3) is 0.350. The molecule has 0 aliphatic rings. The van der Waals surface area contributed by atoms with Crippen molar-refractivity contribution in [2.24, 2.45) is 0 Å². The van der Waals surface area contributed by atoms with E-state index in [2.05, 4.69) is 10.0 Å². The molecule has 0 fully saturated rings. The number of anilines is 1. The second-order valence-electron chi connectivity index (χ2n) is 7.27. The Morgan fingerprint density at radius 3 is 2.19 bits per heavy atom. The quantitative estimate of drug-likeness (QED) is 0.835. The number of sulfonamides is 1. The third-order valence-electron chi connectivity index (χ3n) is 4.08. The summed E-state index contributed by atoms with van der Waals surface area (Å²) in [6.45, 7) is 10.3. The van der Waals surface area contributed by atoms with Crippen LogP contribution in [0.5, 0.6) is 0 Å². The van der Waals surface area contributed by atoms with Crippen LogP contribution in [0.3, 0.4) is 0 Å². The first-order valence-electron chi connectivity index (χ1n) is 8.57. The van der Waals surface area contributed by atoms with Crippen LogP contribution in [-0.2, 0) is 15.4 Å². The third kappa shape index (κ3) is 4.64. The van der Waals surface area contributed by atoms with Crippen molar-refractivity contribution in [2.45, 2.75) is 44.9 Å². The number of rotatable bonds is 5. The molecule has 2 aromatic carbocycles. The minimum absolute atomic E-state index is 0.147. The number of nitrogens with one attached hydrogen (secondary N) is 2. The molecule has 26 heavy (non-hydrogen) atoms. The van der Waals surface area contributed by atoms with E-state index in [1.807, 2.05) is 39.8 Å². The van der Waals surface area contributed by atoms with Gasteiger partial charge in [0.1, 0.15) is 0 Å². The molecular weight excluding hydrogens is 348 g/mol. The van der Waals surface area contributed by atoms with Gasteiger partial charge in [-0.1, -0.05) is 32.9 Å². The molecule has 0 aliphatic heterocycles. The Balaban J connectivity index is 2.30. The summed E-state index contributed by atoms with van der Waals surface area (Å²) in [5.41, 5.74) is 2.39. The lowest BCUT2D eigenvalue weighted by atomic mass is 9.87. The molecule has 0 aliphatic carbocycles. The first-order valence-corrected chi connectivity index (χ1v) is 10.0. The number of aryl methyl sites for hydroxylation is 1. The average molecular weight is 375 g/mol. The zero-order valence-electron chi connectivity index (χ0n) is 15.9. The van der Waals surface area contributed by atoms with Gasteiger partial charge in [0, 0.05) is 17.8 Å². The van der Waals surface area contributed by atoms with E-state index in [-0.39, 0.29) is 16.2 Å². The second kappa shape index (κ2) is 7.50. The molecule has 2 N–H and O–H groups in total. The zero-order valence-corrected chi connectivity index (χ0v) is 16.7. The summed E-state index contributed by atoms with van der Waals surface area (Å²) in [7, 11) is -3.72. The Labute approximate surface area is 155 Å². The average Bonchev–Trinajstić information content (AvgIpc) is 2.54. The normalized spacial score (nSPS) is 11.9. The molecule has 0 atom stereocenters. The Bertz CT molecular complexity index is 896. The number of amides is 1. The van der Waals surface area contributed by atoms with Crippen molar-refractivity contribution in [3.05, 3.63) is 59.2 Å². The lowest BCUT2D eigenvalue weighted by molar-refractivity contribution is 0.0956. The number of carbonyl (C=O) groups is 1. The monoisotopic (exact) mass is 374 g/mol. The van der Waals surface area contributed by atoms with Crippen molar-refractivity contribution < 1.29 is 13.2 Å². The maximum atomic E-state index is 12.8. The molecule has 6 heteroatoms. The van der Waals surface area contributed by atoms with E-state index >= 15 is 0 Å². The SMILES string of the molecule is CCNC(=O)c1ccc(NS(=O)(=O)c2cc(C(C)(C)C)ccc2C)cc1. The Hall–Kier alpha value is -2.34. The first-order chi connectivity index (χ1) is 12.0. The van der Waals surface area contributed by atoms with Crippen molar-refractivity contribution in [3.8, 4) is 0 Å². The molecule has 0 aromatic heterocycles. The van der Waals surface area contributed by atoms with E-state index in [1.54, 1.807) is 37.3 Å². The molecule has 0 radical (unpaired) electrons.